The maximum atomic E-state index is 11.9. The summed E-state index contributed by atoms with van der Waals surface area (Å²) >= 11 is 12.0. The maximum Gasteiger partial charge on any atom is 0.315 e. The molecule has 110 valence electrons. The zero-order valence-electron chi connectivity index (χ0n) is 11.5. The number of carbonyl (C=O) groups is 1. The Morgan fingerprint density at radius 1 is 1.35 bits per heavy atom. The van der Waals surface area contributed by atoms with Crippen LogP contribution in [0.2, 0.25) is 10.0 Å². The fourth-order valence-electron chi connectivity index (χ4n) is 2.24. The number of rotatable bonds is 3. The largest absolute Gasteiger partial charge is 0.335 e. The highest BCUT2D eigenvalue weighted by molar-refractivity contribution is 6.33. The van der Waals surface area contributed by atoms with Crippen LogP contribution in [0.3, 0.4) is 0 Å². The van der Waals surface area contributed by atoms with Crippen molar-refractivity contribution < 1.29 is 4.79 Å². The molecular weight excluding hydrogens is 297 g/mol. The van der Waals surface area contributed by atoms with Crippen LogP contribution in [0.1, 0.15) is 18.4 Å². The second kappa shape index (κ2) is 7.16. The molecule has 1 aromatic carbocycles. The quantitative estimate of drug-likeness (QED) is 0.900. The highest BCUT2D eigenvalue weighted by Gasteiger charge is 2.18. The molecular formula is C14H19Cl2N3O. The summed E-state index contributed by atoms with van der Waals surface area (Å²) < 4.78 is 0. The average molecular weight is 316 g/mol. The third kappa shape index (κ3) is 4.54. The molecule has 2 N–H and O–H groups in total. The van der Waals surface area contributed by atoms with Gasteiger partial charge in [-0.2, -0.15) is 0 Å². The van der Waals surface area contributed by atoms with Gasteiger partial charge in [-0.15, -0.1) is 0 Å². The molecule has 0 spiro atoms. The molecule has 2 rings (SSSR count). The topological polar surface area (TPSA) is 44.4 Å². The Bertz CT molecular complexity index is 473. The maximum absolute atomic E-state index is 11.9. The number of halogens is 2. The standard InChI is InChI=1S/C14H19Cl2N3O/c1-19-6-4-12(5-7-19)18-14(20)17-9-10-8-11(15)2-3-13(10)16/h2-3,8,12H,4-7,9H2,1H3,(H2,17,18,20). The Balaban J connectivity index is 1.79. The van der Waals surface area contributed by atoms with Gasteiger partial charge >= 0.3 is 6.03 Å². The first-order valence-corrected chi connectivity index (χ1v) is 7.47. The first kappa shape index (κ1) is 15.4. The van der Waals surface area contributed by atoms with E-state index in [2.05, 4.69) is 22.6 Å². The Labute approximate surface area is 129 Å². The van der Waals surface area contributed by atoms with Gasteiger partial charge in [0.15, 0.2) is 0 Å². The molecule has 1 saturated heterocycles. The van der Waals surface area contributed by atoms with Crippen molar-refractivity contribution >= 4 is 29.2 Å². The SMILES string of the molecule is CN1CCC(NC(=O)NCc2cc(Cl)ccc2Cl)CC1. The Morgan fingerprint density at radius 2 is 2.05 bits per heavy atom. The molecule has 0 unspecified atom stereocenters. The van der Waals surface area contributed by atoms with Crippen LogP contribution in [0.15, 0.2) is 18.2 Å². The smallest absolute Gasteiger partial charge is 0.315 e. The van der Waals surface area contributed by atoms with Crippen molar-refractivity contribution in [3.8, 4) is 0 Å². The zero-order valence-corrected chi connectivity index (χ0v) is 13.0. The third-order valence-electron chi connectivity index (χ3n) is 3.50. The number of nitrogens with zero attached hydrogens (tertiary/aromatic N) is 1. The third-order valence-corrected chi connectivity index (χ3v) is 4.10. The molecule has 1 heterocycles. The molecule has 2 amide bonds. The van der Waals surface area contributed by atoms with Gasteiger partial charge in [0, 0.05) is 22.6 Å². The first-order chi connectivity index (χ1) is 9.54. The van der Waals surface area contributed by atoms with Gasteiger partial charge in [0.25, 0.3) is 0 Å². The second-order valence-electron chi connectivity index (χ2n) is 5.14. The summed E-state index contributed by atoms with van der Waals surface area (Å²) in [6, 6.07) is 5.32. The van der Waals surface area contributed by atoms with E-state index >= 15 is 0 Å². The van der Waals surface area contributed by atoms with Crippen LogP contribution in [0.4, 0.5) is 4.79 Å². The minimum Gasteiger partial charge on any atom is -0.335 e. The van der Waals surface area contributed by atoms with Crippen molar-refractivity contribution in [1.29, 1.82) is 0 Å². The number of likely N-dealkylation sites (tertiary alicyclic amines) is 1. The lowest BCUT2D eigenvalue weighted by Crippen LogP contribution is -2.46. The summed E-state index contributed by atoms with van der Waals surface area (Å²) in [6.45, 7) is 2.41. The lowest BCUT2D eigenvalue weighted by molar-refractivity contribution is 0.213. The Morgan fingerprint density at radius 3 is 2.75 bits per heavy atom. The van der Waals surface area contributed by atoms with E-state index in [1.165, 1.54) is 0 Å². The molecule has 1 aliphatic rings. The van der Waals surface area contributed by atoms with Gasteiger partial charge in [0.1, 0.15) is 0 Å². The number of benzene rings is 1. The molecule has 1 aromatic rings. The Kier molecular flexibility index (Phi) is 5.52. The van der Waals surface area contributed by atoms with Crippen molar-refractivity contribution in [1.82, 2.24) is 15.5 Å². The number of amides is 2. The zero-order chi connectivity index (χ0) is 14.5. The van der Waals surface area contributed by atoms with E-state index in [-0.39, 0.29) is 12.1 Å². The van der Waals surface area contributed by atoms with Crippen molar-refractivity contribution in [2.45, 2.75) is 25.4 Å². The number of hydrogen-bond donors (Lipinski definition) is 2. The van der Waals surface area contributed by atoms with Gasteiger partial charge < -0.3 is 15.5 Å². The molecule has 0 aliphatic carbocycles. The fraction of sp³-hybridized carbons (Fsp3) is 0.500. The molecule has 0 bridgehead atoms. The molecule has 1 fully saturated rings. The minimum absolute atomic E-state index is 0.157. The van der Waals surface area contributed by atoms with Gasteiger partial charge in [0.2, 0.25) is 0 Å². The predicted molar refractivity (Wildman–Crippen MR) is 82.4 cm³/mol. The molecule has 6 heteroatoms. The van der Waals surface area contributed by atoms with Gasteiger partial charge in [0.05, 0.1) is 0 Å². The molecule has 1 aliphatic heterocycles. The molecule has 0 saturated carbocycles. The van der Waals surface area contributed by atoms with Crippen molar-refractivity contribution in [2.75, 3.05) is 20.1 Å². The average Bonchev–Trinajstić information content (AvgIpc) is 2.42. The van der Waals surface area contributed by atoms with E-state index in [1.54, 1.807) is 18.2 Å². The van der Waals surface area contributed by atoms with Crippen molar-refractivity contribution in [3.05, 3.63) is 33.8 Å². The summed E-state index contributed by atoms with van der Waals surface area (Å²) in [5, 5.41) is 7.03. The van der Waals surface area contributed by atoms with Crippen molar-refractivity contribution in [2.24, 2.45) is 0 Å². The van der Waals surface area contributed by atoms with E-state index in [0.717, 1.165) is 31.5 Å². The molecule has 0 aromatic heterocycles. The van der Waals surface area contributed by atoms with Gasteiger partial charge in [-0.05, 0) is 56.7 Å². The van der Waals surface area contributed by atoms with Gasteiger partial charge in [-0.3, -0.25) is 0 Å². The number of hydrogen-bond acceptors (Lipinski definition) is 2. The monoisotopic (exact) mass is 315 g/mol. The number of urea groups is 1. The summed E-state index contributed by atoms with van der Waals surface area (Å²) in [5.41, 5.74) is 0.817. The Hall–Kier alpha value is -0.970. The first-order valence-electron chi connectivity index (χ1n) is 6.71. The summed E-state index contributed by atoms with van der Waals surface area (Å²) in [7, 11) is 2.09. The van der Waals surface area contributed by atoms with Crippen LogP contribution in [0.25, 0.3) is 0 Å². The van der Waals surface area contributed by atoms with E-state index in [9.17, 15) is 4.79 Å². The second-order valence-corrected chi connectivity index (χ2v) is 5.98. The van der Waals surface area contributed by atoms with Crippen LogP contribution in [-0.4, -0.2) is 37.1 Å². The number of nitrogens with one attached hydrogen (secondary N) is 2. The van der Waals surface area contributed by atoms with Crippen LogP contribution < -0.4 is 10.6 Å². The van der Waals surface area contributed by atoms with Crippen LogP contribution in [0, 0.1) is 0 Å². The minimum atomic E-state index is -0.157. The number of piperidine rings is 1. The van der Waals surface area contributed by atoms with E-state index in [0.29, 0.717) is 16.6 Å². The highest BCUT2D eigenvalue weighted by Crippen LogP contribution is 2.20. The van der Waals surface area contributed by atoms with E-state index in [1.807, 2.05) is 0 Å². The highest BCUT2D eigenvalue weighted by atomic mass is 35.5. The summed E-state index contributed by atoms with van der Waals surface area (Å²) in [4.78, 5) is 14.1. The summed E-state index contributed by atoms with van der Waals surface area (Å²) in [5.74, 6) is 0. The molecule has 4 nitrogen and oxygen atoms in total. The van der Waals surface area contributed by atoms with Gasteiger partial charge in [-0.25, -0.2) is 4.79 Å². The molecule has 0 radical (unpaired) electrons. The van der Waals surface area contributed by atoms with Crippen molar-refractivity contribution in [3.63, 3.8) is 0 Å². The van der Waals surface area contributed by atoms with E-state index < -0.39 is 0 Å². The molecule has 20 heavy (non-hydrogen) atoms. The van der Waals surface area contributed by atoms with E-state index in [4.69, 9.17) is 23.2 Å². The number of carbonyl (C=O) groups excluding carboxylic acids is 1. The molecule has 0 atom stereocenters. The lowest BCUT2D eigenvalue weighted by atomic mass is 10.1. The summed E-state index contributed by atoms with van der Waals surface area (Å²) in [6.07, 6.45) is 1.98. The predicted octanol–water partition coefficient (Wildman–Crippen LogP) is 2.89. The lowest BCUT2D eigenvalue weighted by Gasteiger charge is -2.29. The van der Waals surface area contributed by atoms with Crippen LogP contribution in [-0.2, 0) is 6.54 Å². The van der Waals surface area contributed by atoms with Crippen LogP contribution in [0.5, 0.6) is 0 Å². The van der Waals surface area contributed by atoms with Gasteiger partial charge in [-0.1, -0.05) is 23.2 Å². The van der Waals surface area contributed by atoms with Crippen LogP contribution >= 0.6 is 23.2 Å². The normalized spacial score (nSPS) is 16.9. The fourth-order valence-corrected chi connectivity index (χ4v) is 2.62.